The van der Waals surface area contributed by atoms with E-state index in [1.807, 2.05) is 30.3 Å². The summed E-state index contributed by atoms with van der Waals surface area (Å²) in [6.07, 6.45) is 1.61. The van der Waals surface area contributed by atoms with Gasteiger partial charge in [0.15, 0.2) is 0 Å². The van der Waals surface area contributed by atoms with Gasteiger partial charge in [-0.15, -0.1) is 0 Å². The van der Waals surface area contributed by atoms with E-state index in [0.29, 0.717) is 5.69 Å². The van der Waals surface area contributed by atoms with Crippen molar-refractivity contribution in [3.8, 4) is 0 Å². The number of halogens is 2. The number of hydrogen-bond acceptors (Lipinski definition) is 2. The Morgan fingerprint density at radius 3 is 2.45 bits per heavy atom. The number of nitrogens with zero attached hydrogens (tertiary/aromatic N) is 1. The Morgan fingerprint density at radius 1 is 1.00 bits per heavy atom. The molecular formula is C16H17F2NO. The molecule has 2 rings (SSSR count). The molecule has 4 heteroatoms. The Balaban J connectivity index is 1.73. The van der Waals surface area contributed by atoms with Crippen molar-refractivity contribution in [1.82, 2.24) is 4.98 Å². The van der Waals surface area contributed by atoms with Crippen LogP contribution >= 0.6 is 0 Å². The van der Waals surface area contributed by atoms with E-state index < -0.39 is 12.5 Å². The number of aryl methyl sites for hydroxylation is 1. The van der Waals surface area contributed by atoms with E-state index in [-0.39, 0.29) is 19.4 Å². The molecular weight excluding hydrogens is 260 g/mol. The predicted molar refractivity (Wildman–Crippen MR) is 73.6 cm³/mol. The van der Waals surface area contributed by atoms with Crippen LogP contribution in [0.2, 0.25) is 0 Å². The van der Waals surface area contributed by atoms with Crippen LogP contribution in [0.3, 0.4) is 0 Å². The standard InChI is InChI=1S/C16H17F2NO/c17-16(18,10-9-15-8-4-5-11-19-15)13-20-12-14-6-2-1-3-7-14/h1-8,11H,9-10,12-13H2. The molecule has 0 aliphatic heterocycles. The highest BCUT2D eigenvalue weighted by Gasteiger charge is 2.28. The molecule has 0 atom stereocenters. The third-order valence-electron chi connectivity index (χ3n) is 2.90. The molecule has 0 N–H and O–H groups in total. The van der Waals surface area contributed by atoms with Crippen molar-refractivity contribution >= 4 is 0 Å². The summed E-state index contributed by atoms with van der Waals surface area (Å²) in [6.45, 7) is -0.352. The smallest absolute Gasteiger partial charge is 0.271 e. The van der Waals surface area contributed by atoms with E-state index in [9.17, 15) is 8.78 Å². The Kier molecular flexibility index (Phi) is 5.18. The minimum atomic E-state index is -2.83. The van der Waals surface area contributed by atoms with Crippen molar-refractivity contribution in [2.45, 2.75) is 25.4 Å². The van der Waals surface area contributed by atoms with E-state index in [4.69, 9.17) is 4.74 Å². The van der Waals surface area contributed by atoms with Crippen molar-refractivity contribution in [3.05, 3.63) is 66.0 Å². The topological polar surface area (TPSA) is 22.1 Å². The van der Waals surface area contributed by atoms with Crippen LogP contribution in [0.15, 0.2) is 54.7 Å². The fourth-order valence-corrected chi connectivity index (χ4v) is 1.82. The van der Waals surface area contributed by atoms with Crippen LogP contribution in [-0.4, -0.2) is 17.5 Å². The minimum absolute atomic E-state index is 0.208. The molecule has 1 aromatic carbocycles. The first kappa shape index (κ1) is 14.6. The SMILES string of the molecule is FC(F)(CCc1ccccn1)COCc1ccccc1. The fraction of sp³-hybridized carbons (Fsp3) is 0.312. The van der Waals surface area contributed by atoms with Gasteiger partial charge in [0.2, 0.25) is 0 Å². The van der Waals surface area contributed by atoms with Gasteiger partial charge in [0, 0.05) is 18.3 Å². The minimum Gasteiger partial charge on any atom is -0.371 e. The fourth-order valence-electron chi connectivity index (χ4n) is 1.82. The molecule has 1 aromatic heterocycles. The number of rotatable bonds is 7. The molecule has 1 heterocycles. The highest BCUT2D eigenvalue weighted by molar-refractivity contribution is 5.13. The van der Waals surface area contributed by atoms with Crippen LogP contribution < -0.4 is 0 Å². The molecule has 0 fully saturated rings. The highest BCUT2D eigenvalue weighted by atomic mass is 19.3. The average molecular weight is 277 g/mol. The van der Waals surface area contributed by atoms with Gasteiger partial charge >= 0.3 is 0 Å². The van der Waals surface area contributed by atoms with Crippen molar-refractivity contribution in [1.29, 1.82) is 0 Å². The van der Waals surface area contributed by atoms with E-state index >= 15 is 0 Å². The quantitative estimate of drug-likeness (QED) is 0.766. The summed E-state index contributed by atoms with van der Waals surface area (Å²) in [4.78, 5) is 4.04. The molecule has 0 unspecified atom stereocenters. The van der Waals surface area contributed by atoms with Crippen LogP contribution in [0.25, 0.3) is 0 Å². The van der Waals surface area contributed by atoms with Gasteiger partial charge in [-0.05, 0) is 24.1 Å². The van der Waals surface area contributed by atoms with Crippen LogP contribution in [0.5, 0.6) is 0 Å². The molecule has 20 heavy (non-hydrogen) atoms. The molecule has 0 spiro atoms. The monoisotopic (exact) mass is 277 g/mol. The third-order valence-corrected chi connectivity index (χ3v) is 2.90. The van der Waals surface area contributed by atoms with Crippen molar-refractivity contribution in [2.24, 2.45) is 0 Å². The Labute approximate surface area is 117 Å². The van der Waals surface area contributed by atoms with Crippen LogP contribution in [-0.2, 0) is 17.8 Å². The largest absolute Gasteiger partial charge is 0.371 e. The van der Waals surface area contributed by atoms with Crippen LogP contribution in [0.1, 0.15) is 17.7 Å². The van der Waals surface area contributed by atoms with Gasteiger partial charge in [-0.25, -0.2) is 8.78 Å². The summed E-state index contributed by atoms with van der Waals surface area (Å²) >= 11 is 0. The van der Waals surface area contributed by atoms with Crippen LogP contribution in [0, 0.1) is 0 Å². The van der Waals surface area contributed by atoms with E-state index in [2.05, 4.69) is 4.98 Å². The second-order valence-electron chi connectivity index (χ2n) is 4.66. The molecule has 2 nitrogen and oxygen atoms in total. The molecule has 0 bridgehead atoms. The summed E-state index contributed by atoms with van der Waals surface area (Å²) in [7, 11) is 0. The van der Waals surface area contributed by atoms with Gasteiger partial charge < -0.3 is 4.74 Å². The van der Waals surface area contributed by atoms with Crippen LogP contribution in [0.4, 0.5) is 8.78 Å². The van der Waals surface area contributed by atoms with Gasteiger partial charge in [0.25, 0.3) is 5.92 Å². The maximum atomic E-state index is 13.7. The first-order valence-electron chi connectivity index (χ1n) is 6.55. The van der Waals surface area contributed by atoms with E-state index in [1.54, 1.807) is 24.4 Å². The third kappa shape index (κ3) is 5.05. The number of ether oxygens (including phenoxy) is 1. The molecule has 0 saturated carbocycles. The van der Waals surface area contributed by atoms with Crippen molar-refractivity contribution in [2.75, 3.05) is 6.61 Å². The first-order valence-corrected chi connectivity index (χ1v) is 6.55. The first-order chi connectivity index (χ1) is 9.66. The molecule has 2 aromatic rings. The zero-order valence-electron chi connectivity index (χ0n) is 11.1. The summed E-state index contributed by atoms with van der Waals surface area (Å²) in [5.74, 6) is -2.83. The van der Waals surface area contributed by atoms with Gasteiger partial charge in [0.05, 0.1) is 6.61 Å². The Bertz CT molecular complexity index is 502. The van der Waals surface area contributed by atoms with E-state index in [0.717, 1.165) is 5.56 Å². The lowest BCUT2D eigenvalue weighted by atomic mass is 10.1. The zero-order chi connectivity index (χ0) is 14.3. The lowest BCUT2D eigenvalue weighted by molar-refractivity contribution is -0.0864. The maximum absolute atomic E-state index is 13.7. The van der Waals surface area contributed by atoms with Crippen molar-refractivity contribution in [3.63, 3.8) is 0 Å². The second-order valence-corrected chi connectivity index (χ2v) is 4.66. The van der Waals surface area contributed by atoms with Gasteiger partial charge in [-0.3, -0.25) is 4.98 Å². The number of benzene rings is 1. The number of pyridine rings is 1. The lowest BCUT2D eigenvalue weighted by Crippen LogP contribution is -2.24. The predicted octanol–water partition coefficient (Wildman–Crippen LogP) is 3.87. The highest BCUT2D eigenvalue weighted by Crippen LogP contribution is 2.21. The molecule has 0 radical (unpaired) electrons. The molecule has 0 aliphatic carbocycles. The summed E-state index contributed by atoms with van der Waals surface area (Å²) in [6, 6.07) is 14.6. The second kappa shape index (κ2) is 7.10. The van der Waals surface area contributed by atoms with Gasteiger partial charge in [-0.1, -0.05) is 36.4 Å². The summed E-state index contributed by atoms with van der Waals surface area (Å²) in [5, 5.41) is 0. The molecule has 106 valence electrons. The van der Waals surface area contributed by atoms with Gasteiger partial charge in [-0.2, -0.15) is 0 Å². The average Bonchev–Trinajstić information content (AvgIpc) is 2.47. The van der Waals surface area contributed by atoms with Gasteiger partial charge in [0.1, 0.15) is 6.61 Å². The number of aromatic nitrogens is 1. The Morgan fingerprint density at radius 2 is 1.75 bits per heavy atom. The van der Waals surface area contributed by atoms with Crippen molar-refractivity contribution < 1.29 is 13.5 Å². The number of alkyl halides is 2. The molecule has 0 amide bonds. The summed E-state index contributed by atoms with van der Waals surface area (Å²) < 4.78 is 32.4. The maximum Gasteiger partial charge on any atom is 0.271 e. The lowest BCUT2D eigenvalue weighted by Gasteiger charge is -2.16. The Hall–Kier alpha value is -1.81. The van der Waals surface area contributed by atoms with E-state index in [1.165, 1.54) is 0 Å². The number of hydrogen-bond donors (Lipinski definition) is 0. The normalized spacial score (nSPS) is 11.5. The molecule has 0 saturated heterocycles. The molecule has 0 aliphatic rings. The zero-order valence-corrected chi connectivity index (χ0v) is 11.1. The summed E-state index contributed by atoms with van der Waals surface area (Å²) in [5.41, 5.74) is 1.57.